The molecule has 0 aliphatic rings. The number of aryl methyl sites for hydroxylation is 1. The Bertz CT molecular complexity index is 620. The summed E-state index contributed by atoms with van der Waals surface area (Å²) in [6.45, 7) is 8.14. The van der Waals surface area contributed by atoms with Gasteiger partial charge in [0, 0.05) is 6.42 Å². The lowest BCUT2D eigenvalue weighted by molar-refractivity contribution is 0.131. The van der Waals surface area contributed by atoms with Crippen molar-refractivity contribution in [3.63, 3.8) is 0 Å². The summed E-state index contributed by atoms with van der Waals surface area (Å²) in [7, 11) is 0. The van der Waals surface area contributed by atoms with Gasteiger partial charge >= 0.3 is 0 Å². The molecule has 118 valence electrons. The Morgan fingerprint density at radius 1 is 1.23 bits per heavy atom. The smallest absolute Gasteiger partial charge is 0.211 e. The molecule has 5 nitrogen and oxygen atoms in total. The molecule has 0 unspecified atom stereocenters. The Kier molecular flexibility index (Phi) is 5.24. The maximum absolute atomic E-state index is 5.81. The molecule has 0 aliphatic heterocycles. The molecular weight excluding hydrogens is 296 g/mol. The molecule has 0 N–H and O–H groups in total. The Balaban J connectivity index is 2.15. The van der Waals surface area contributed by atoms with E-state index in [0.29, 0.717) is 0 Å². The van der Waals surface area contributed by atoms with E-state index in [-0.39, 0.29) is 5.60 Å². The van der Waals surface area contributed by atoms with E-state index in [1.54, 1.807) is 4.68 Å². The van der Waals surface area contributed by atoms with Gasteiger partial charge in [0.25, 0.3) is 0 Å². The first-order chi connectivity index (χ1) is 10.4. The average molecular weight is 318 g/mol. The van der Waals surface area contributed by atoms with Crippen LogP contribution >= 0.6 is 11.8 Å². The highest BCUT2D eigenvalue weighted by Gasteiger charge is 2.11. The van der Waals surface area contributed by atoms with Gasteiger partial charge in [-0.05, 0) is 56.9 Å². The summed E-state index contributed by atoms with van der Waals surface area (Å²) >= 11 is 1.53. The first kappa shape index (κ1) is 16.5. The van der Waals surface area contributed by atoms with Gasteiger partial charge in [-0.15, -0.1) is 10.2 Å². The zero-order valence-corrected chi connectivity index (χ0v) is 14.5. The summed E-state index contributed by atoms with van der Waals surface area (Å²) in [5.41, 5.74) is 0.811. The maximum atomic E-state index is 5.81. The zero-order valence-electron chi connectivity index (χ0n) is 13.7. The Morgan fingerprint density at radius 3 is 2.45 bits per heavy atom. The minimum Gasteiger partial charge on any atom is -0.488 e. The van der Waals surface area contributed by atoms with Crippen molar-refractivity contribution in [3.8, 4) is 5.75 Å². The number of rotatable bonds is 5. The summed E-state index contributed by atoms with van der Waals surface area (Å²) in [6, 6.07) is 7.88. The second kappa shape index (κ2) is 6.96. The molecule has 0 spiro atoms. The fourth-order valence-electron chi connectivity index (χ4n) is 1.86. The first-order valence-electron chi connectivity index (χ1n) is 7.24. The van der Waals surface area contributed by atoms with Crippen LogP contribution in [-0.2, 0) is 6.42 Å². The molecule has 2 aromatic rings. The lowest BCUT2D eigenvalue weighted by atomic mass is 10.2. The second-order valence-corrected chi connectivity index (χ2v) is 6.57. The molecule has 0 saturated heterocycles. The molecule has 1 aromatic carbocycles. The average Bonchev–Trinajstić information content (AvgIpc) is 2.87. The monoisotopic (exact) mass is 318 g/mol. The summed E-state index contributed by atoms with van der Waals surface area (Å²) in [6.07, 6.45) is 4.57. The lowest BCUT2D eigenvalue weighted by Gasteiger charge is -2.21. The Hall–Kier alpha value is -1.82. The largest absolute Gasteiger partial charge is 0.488 e. The SMILES string of the molecule is CCc1nnc(SC)n1/N=C\c1ccc(OC(C)(C)C)cc1. The number of thioether (sulfide) groups is 1. The highest BCUT2D eigenvalue weighted by atomic mass is 32.2. The maximum Gasteiger partial charge on any atom is 0.211 e. The number of hydrogen-bond donors (Lipinski definition) is 0. The molecular formula is C16H22N4OS. The van der Waals surface area contributed by atoms with Gasteiger partial charge in [0.2, 0.25) is 5.16 Å². The van der Waals surface area contributed by atoms with Crippen LogP contribution in [0.5, 0.6) is 5.75 Å². The van der Waals surface area contributed by atoms with Crippen LogP contribution in [0.4, 0.5) is 0 Å². The van der Waals surface area contributed by atoms with Crippen molar-refractivity contribution in [2.45, 2.75) is 44.9 Å². The van der Waals surface area contributed by atoms with Crippen LogP contribution in [0.25, 0.3) is 0 Å². The van der Waals surface area contributed by atoms with Crippen molar-refractivity contribution in [1.82, 2.24) is 14.9 Å². The van der Waals surface area contributed by atoms with E-state index in [0.717, 1.165) is 28.7 Å². The van der Waals surface area contributed by atoms with E-state index in [4.69, 9.17) is 4.74 Å². The fraction of sp³-hybridized carbons (Fsp3) is 0.438. The van der Waals surface area contributed by atoms with Gasteiger partial charge in [-0.2, -0.15) is 9.78 Å². The quantitative estimate of drug-likeness (QED) is 0.624. The highest BCUT2D eigenvalue weighted by molar-refractivity contribution is 7.98. The number of hydrogen-bond acceptors (Lipinski definition) is 5. The van der Waals surface area contributed by atoms with E-state index in [9.17, 15) is 0 Å². The minimum atomic E-state index is -0.193. The van der Waals surface area contributed by atoms with Crippen LogP contribution in [0.3, 0.4) is 0 Å². The van der Waals surface area contributed by atoms with Crippen molar-refractivity contribution in [2.24, 2.45) is 5.10 Å². The summed E-state index contributed by atoms with van der Waals surface area (Å²) in [4.78, 5) is 0. The molecule has 6 heteroatoms. The van der Waals surface area contributed by atoms with Crippen LogP contribution in [0.2, 0.25) is 0 Å². The molecule has 0 fully saturated rings. The number of nitrogens with zero attached hydrogens (tertiary/aromatic N) is 4. The van der Waals surface area contributed by atoms with Crippen molar-refractivity contribution in [3.05, 3.63) is 35.7 Å². The van der Waals surface area contributed by atoms with Crippen LogP contribution in [0, 0.1) is 0 Å². The summed E-state index contributed by atoms with van der Waals surface area (Å²) in [5, 5.41) is 13.5. The van der Waals surface area contributed by atoms with E-state index in [2.05, 4.69) is 15.3 Å². The molecule has 1 heterocycles. The van der Waals surface area contributed by atoms with Crippen LogP contribution in [-0.4, -0.2) is 32.9 Å². The topological polar surface area (TPSA) is 52.3 Å². The molecule has 0 bridgehead atoms. The molecule has 0 aliphatic carbocycles. The van der Waals surface area contributed by atoms with Crippen LogP contribution in [0.1, 0.15) is 39.1 Å². The highest BCUT2D eigenvalue weighted by Crippen LogP contribution is 2.18. The Morgan fingerprint density at radius 2 is 1.91 bits per heavy atom. The van der Waals surface area contributed by atoms with E-state index in [1.807, 2.05) is 64.4 Å². The standard InChI is InChI=1S/C16H22N4OS/c1-6-14-18-19-15(22-5)20(14)17-11-12-7-9-13(10-8-12)21-16(2,3)4/h7-11H,6H2,1-5H3/b17-11-. The molecule has 1 aromatic heterocycles. The van der Waals surface area contributed by atoms with Gasteiger partial charge in [0.05, 0.1) is 6.21 Å². The van der Waals surface area contributed by atoms with Crippen molar-refractivity contribution in [2.75, 3.05) is 6.26 Å². The summed E-state index contributed by atoms with van der Waals surface area (Å²) in [5.74, 6) is 1.71. The van der Waals surface area contributed by atoms with Gasteiger partial charge in [-0.1, -0.05) is 18.7 Å². The Labute approximate surface area is 135 Å². The third kappa shape index (κ3) is 4.34. The van der Waals surface area contributed by atoms with E-state index >= 15 is 0 Å². The van der Waals surface area contributed by atoms with Crippen LogP contribution < -0.4 is 4.74 Å². The lowest BCUT2D eigenvalue weighted by Crippen LogP contribution is -2.22. The van der Waals surface area contributed by atoms with Gasteiger partial charge in [-0.25, -0.2) is 0 Å². The van der Waals surface area contributed by atoms with Crippen molar-refractivity contribution in [1.29, 1.82) is 0 Å². The zero-order chi connectivity index (χ0) is 16.2. The van der Waals surface area contributed by atoms with E-state index in [1.165, 1.54) is 11.8 Å². The van der Waals surface area contributed by atoms with Gasteiger partial charge in [0.1, 0.15) is 11.4 Å². The predicted molar refractivity (Wildman–Crippen MR) is 91.0 cm³/mol. The molecule has 0 amide bonds. The van der Waals surface area contributed by atoms with Crippen molar-refractivity contribution < 1.29 is 4.74 Å². The molecule has 0 radical (unpaired) electrons. The number of benzene rings is 1. The van der Waals surface area contributed by atoms with Crippen molar-refractivity contribution >= 4 is 18.0 Å². The predicted octanol–water partition coefficient (Wildman–Crippen LogP) is 3.62. The molecule has 2 rings (SSSR count). The van der Waals surface area contributed by atoms with Gasteiger partial charge < -0.3 is 4.74 Å². The third-order valence-corrected chi connectivity index (χ3v) is 3.42. The second-order valence-electron chi connectivity index (χ2n) is 5.80. The molecule has 0 atom stereocenters. The first-order valence-corrected chi connectivity index (χ1v) is 8.47. The van der Waals surface area contributed by atoms with Gasteiger partial charge in [0.15, 0.2) is 5.82 Å². The summed E-state index contributed by atoms with van der Waals surface area (Å²) < 4.78 is 7.59. The molecule has 22 heavy (non-hydrogen) atoms. The third-order valence-electron chi connectivity index (χ3n) is 2.80. The number of aromatic nitrogens is 3. The normalized spacial score (nSPS) is 12.0. The van der Waals surface area contributed by atoms with Crippen LogP contribution in [0.15, 0.2) is 34.5 Å². The number of ether oxygens (including phenoxy) is 1. The fourth-order valence-corrected chi connectivity index (χ4v) is 2.31. The molecule has 0 saturated carbocycles. The minimum absolute atomic E-state index is 0.193. The van der Waals surface area contributed by atoms with E-state index < -0.39 is 0 Å². The van der Waals surface area contributed by atoms with Gasteiger partial charge in [-0.3, -0.25) is 0 Å².